The van der Waals surface area contributed by atoms with Crippen molar-refractivity contribution in [1.82, 2.24) is 19.1 Å². The van der Waals surface area contributed by atoms with Crippen LogP contribution in [0.15, 0.2) is 62.5 Å². The van der Waals surface area contributed by atoms with Crippen LogP contribution in [0.2, 0.25) is 0 Å². The van der Waals surface area contributed by atoms with Crippen LogP contribution in [-0.4, -0.2) is 51.0 Å². The molecule has 3 N–H and O–H groups in total. The van der Waals surface area contributed by atoms with Crippen LogP contribution in [0, 0.1) is 5.92 Å². The van der Waals surface area contributed by atoms with Crippen LogP contribution in [-0.2, 0) is 35.5 Å². The molecule has 0 saturated heterocycles. The number of rotatable bonds is 11. The number of benzene rings is 1. The molecule has 0 aliphatic heterocycles. The van der Waals surface area contributed by atoms with Gasteiger partial charge in [0.05, 0.1) is 24.3 Å². The van der Waals surface area contributed by atoms with E-state index in [4.69, 9.17) is 15.5 Å². The summed E-state index contributed by atoms with van der Waals surface area (Å²) in [6, 6.07) is 9.18. The van der Waals surface area contributed by atoms with Crippen LogP contribution in [0.25, 0.3) is 10.2 Å². The Morgan fingerprint density at radius 3 is 2.77 bits per heavy atom. The largest absolute Gasteiger partial charge is 0.383 e. The molecule has 0 bridgehead atoms. The third-order valence-electron chi connectivity index (χ3n) is 7.50. The Morgan fingerprint density at radius 2 is 2.05 bits per heavy atom. The van der Waals surface area contributed by atoms with Gasteiger partial charge in [0.1, 0.15) is 10.6 Å². The number of nitrogens with one attached hydrogen (secondary N) is 1. The second kappa shape index (κ2) is 13.1. The molecule has 0 fully saturated rings. The van der Waals surface area contributed by atoms with Gasteiger partial charge in [0, 0.05) is 25.1 Å². The number of nitrogens with zero attached hydrogens (tertiary/aromatic N) is 4. The van der Waals surface area contributed by atoms with Crippen molar-refractivity contribution in [2.75, 3.05) is 36.6 Å². The minimum atomic E-state index is -0.775. The molecule has 43 heavy (non-hydrogen) atoms. The van der Waals surface area contributed by atoms with E-state index in [9.17, 15) is 19.2 Å². The summed E-state index contributed by atoms with van der Waals surface area (Å²) in [4.78, 5) is 63.4. The smallest absolute Gasteiger partial charge is 0.330 e. The first-order valence-corrected chi connectivity index (χ1v) is 15.8. The second-order valence-corrected chi connectivity index (χ2v) is 12.5. The first-order valence-electron chi connectivity index (χ1n) is 14.0. The Morgan fingerprint density at radius 1 is 1.28 bits per heavy atom. The van der Waals surface area contributed by atoms with Crippen LogP contribution in [0.4, 0.5) is 11.5 Å². The molecule has 3 heterocycles. The number of aromatic amines is 1. The number of amides is 1. The summed E-state index contributed by atoms with van der Waals surface area (Å²) in [5, 5.41) is 1.05. The van der Waals surface area contributed by atoms with E-state index in [2.05, 4.69) is 18.5 Å². The van der Waals surface area contributed by atoms with Gasteiger partial charge in [-0.15, -0.1) is 17.9 Å². The highest BCUT2D eigenvalue weighted by Gasteiger charge is 2.27. The van der Waals surface area contributed by atoms with Gasteiger partial charge in [-0.05, 0) is 36.3 Å². The predicted molar refractivity (Wildman–Crippen MR) is 171 cm³/mol. The molecule has 1 aliphatic carbocycles. The molecular formula is C30H34N6O5S2. The molecule has 11 nitrogen and oxygen atoms in total. The van der Waals surface area contributed by atoms with Gasteiger partial charge < -0.3 is 15.4 Å². The summed E-state index contributed by atoms with van der Waals surface area (Å²) >= 11 is 2.65. The lowest BCUT2D eigenvalue weighted by atomic mass is 9.89. The SMILES string of the molecule is C=CCn1c(SCC(=O)N(CCOC)c2c(N)n(Cc3ccccc3)c(=O)[nH]c2=O)nc2sc3c(c2c1=O)CC[C@H](C)C3. The van der Waals surface area contributed by atoms with E-state index in [1.54, 1.807) is 22.0 Å². The normalized spacial score (nSPS) is 14.5. The van der Waals surface area contributed by atoms with Gasteiger partial charge in [-0.25, -0.2) is 9.78 Å². The van der Waals surface area contributed by atoms with Crippen molar-refractivity contribution in [3.63, 3.8) is 0 Å². The van der Waals surface area contributed by atoms with E-state index in [-0.39, 0.29) is 49.1 Å². The summed E-state index contributed by atoms with van der Waals surface area (Å²) in [5.41, 5.74) is 6.55. The third-order valence-corrected chi connectivity index (χ3v) is 9.61. The number of hydrogen-bond donors (Lipinski definition) is 2. The molecule has 0 saturated carbocycles. The third kappa shape index (κ3) is 6.24. The molecule has 4 aromatic rings. The summed E-state index contributed by atoms with van der Waals surface area (Å²) < 4.78 is 7.97. The van der Waals surface area contributed by atoms with Crippen LogP contribution in [0.5, 0.6) is 0 Å². The predicted octanol–water partition coefficient (Wildman–Crippen LogP) is 3.02. The van der Waals surface area contributed by atoms with Gasteiger partial charge in [-0.2, -0.15) is 0 Å². The summed E-state index contributed by atoms with van der Waals surface area (Å²) in [6.45, 7) is 6.51. The fraction of sp³-hybridized carbons (Fsp3) is 0.367. The van der Waals surface area contributed by atoms with E-state index < -0.39 is 17.2 Å². The number of nitrogen functional groups attached to an aromatic ring is 1. The molecule has 1 atom stereocenters. The molecule has 3 aromatic heterocycles. The highest BCUT2D eigenvalue weighted by Crippen LogP contribution is 2.36. The van der Waals surface area contributed by atoms with Gasteiger partial charge in [0.15, 0.2) is 10.8 Å². The number of carbonyl (C=O) groups excluding carboxylic acids is 1. The van der Waals surface area contributed by atoms with Crippen molar-refractivity contribution in [1.29, 1.82) is 0 Å². The number of allylic oxidation sites excluding steroid dienone is 1. The summed E-state index contributed by atoms with van der Waals surface area (Å²) in [5.74, 6) is -0.174. The quantitative estimate of drug-likeness (QED) is 0.148. The van der Waals surface area contributed by atoms with Crippen molar-refractivity contribution >= 4 is 50.7 Å². The minimum absolute atomic E-state index is 0.0223. The lowest BCUT2D eigenvalue weighted by Crippen LogP contribution is -2.43. The highest BCUT2D eigenvalue weighted by atomic mass is 32.2. The van der Waals surface area contributed by atoms with Gasteiger partial charge in [-0.3, -0.25) is 28.5 Å². The number of thioether (sulfide) groups is 1. The van der Waals surface area contributed by atoms with Crippen molar-refractivity contribution in [3.05, 3.63) is 90.2 Å². The molecule has 226 valence electrons. The Labute approximate surface area is 256 Å². The lowest BCUT2D eigenvalue weighted by molar-refractivity contribution is -0.116. The molecule has 1 aliphatic rings. The number of H-pyrrole nitrogens is 1. The maximum atomic E-state index is 13.7. The number of fused-ring (bicyclic) bond motifs is 3. The molecular weight excluding hydrogens is 589 g/mol. The number of nitrogens with two attached hydrogens (primary N) is 1. The number of methoxy groups -OCH3 is 1. The van der Waals surface area contributed by atoms with E-state index in [1.807, 2.05) is 30.3 Å². The summed E-state index contributed by atoms with van der Waals surface area (Å²) in [6.07, 6.45) is 4.43. The lowest BCUT2D eigenvalue weighted by Gasteiger charge is -2.24. The Balaban J connectivity index is 1.48. The van der Waals surface area contributed by atoms with Crippen LogP contribution >= 0.6 is 23.1 Å². The minimum Gasteiger partial charge on any atom is -0.383 e. The molecule has 1 aromatic carbocycles. The molecule has 1 amide bonds. The average molecular weight is 623 g/mol. The van der Waals surface area contributed by atoms with Gasteiger partial charge in [-0.1, -0.05) is 55.1 Å². The van der Waals surface area contributed by atoms with Crippen molar-refractivity contribution in [2.45, 2.75) is 44.4 Å². The maximum absolute atomic E-state index is 13.7. The van der Waals surface area contributed by atoms with Crippen LogP contribution < -0.4 is 27.4 Å². The molecule has 5 rings (SSSR count). The first-order chi connectivity index (χ1) is 20.7. The molecule has 13 heteroatoms. The molecule has 0 unspecified atom stereocenters. The van der Waals surface area contributed by atoms with Crippen molar-refractivity contribution in [3.8, 4) is 0 Å². The molecule has 0 spiro atoms. The van der Waals surface area contributed by atoms with Crippen molar-refractivity contribution < 1.29 is 9.53 Å². The zero-order valence-electron chi connectivity index (χ0n) is 24.1. The standard InChI is InChI=1S/C30H34N6O5S2/c1-4-12-35-28(39)23-20-11-10-18(2)15-21(20)43-27(23)33-30(35)42-17-22(37)34(13-14-41-3)24-25(31)36(29(40)32-26(24)38)16-19-8-6-5-7-9-19/h4-9,18H,1,10-17,31H2,2-3H3,(H,32,38,40)/t18-/m0/s1. The topological polar surface area (TPSA) is 145 Å². The van der Waals surface area contributed by atoms with E-state index in [1.165, 1.54) is 21.5 Å². The number of aryl methyl sites for hydroxylation is 1. The number of anilines is 2. The zero-order valence-corrected chi connectivity index (χ0v) is 25.8. The Bertz CT molecular complexity index is 1840. The zero-order chi connectivity index (χ0) is 30.7. The van der Waals surface area contributed by atoms with E-state index in [0.717, 1.165) is 42.2 Å². The fourth-order valence-electron chi connectivity index (χ4n) is 5.31. The Kier molecular flexibility index (Phi) is 9.33. The molecule has 0 radical (unpaired) electrons. The van der Waals surface area contributed by atoms with Gasteiger partial charge in [0.2, 0.25) is 5.91 Å². The maximum Gasteiger partial charge on any atom is 0.330 e. The van der Waals surface area contributed by atoms with Crippen LogP contribution in [0.1, 0.15) is 29.3 Å². The van der Waals surface area contributed by atoms with Crippen molar-refractivity contribution in [2.24, 2.45) is 5.92 Å². The highest BCUT2D eigenvalue weighted by molar-refractivity contribution is 7.99. The fourth-order valence-corrected chi connectivity index (χ4v) is 7.62. The second-order valence-electron chi connectivity index (χ2n) is 10.5. The average Bonchev–Trinajstić information content (AvgIpc) is 3.35. The van der Waals surface area contributed by atoms with E-state index in [0.29, 0.717) is 21.3 Å². The van der Waals surface area contributed by atoms with Crippen LogP contribution in [0.3, 0.4) is 0 Å². The van der Waals surface area contributed by atoms with E-state index >= 15 is 0 Å². The number of ether oxygens (including phenoxy) is 1. The number of aromatic nitrogens is 4. The number of hydrogen-bond acceptors (Lipinski definition) is 9. The Hall–Kier alpha value is -3.94. The monoisotopic (exact) mass is 622 g/mol. The summed E-state index contributed by atoms with van der Waals surface area (Å²) in [7, 11) is 1.48. The first kappa shape index (κ1) is 30.5. The van der Waals surface area contributed by atoms with Gasteiger partial charge >= 0.3 is 5.69 Å². The van der Waals surface area contributed by atoms with Gasteiger partial charge in [0.25, 0.3) is 11.1 Å². The number of carbonyl (C=O) groups is 1. The number of thiophene rings is 1.